The third-order valence-corrected chi connectivity index (χ3v) is 5.81. The molecule has 0 aromatic heterocycles. The van der Waals surface area contributed by atoms with E-state index >= 15 is 0 Å². The van der Waals surface area contributed by atoms with Gasteiger partial charge in [-0.15, -0.1) is 0 Å². The summed E-state index contributed by atoms with van der Waals surface area (Å²) in [4.78, 5) is 39.7. The maximum atomic E-state index is 13.3. The van der Waals surface area contributed by atoms with E-state index in [-0.39, 0.29) is 12.6 Å². The zero-order valence-electron chi connectivity index (χ0n) is 18.2. The first kappa shape index (κ1) is 21.7. The van der Waals surface area contributed by atoms with Crippen LogP contribution in [0.3, 0.4) is 0 Å². The normalized spacial score (nSPS) is 20.6. The average Bonchev–Trinajstić information content (AvgIpc) is 3.04. The van der Waals surface area contributed by atoms with E-state index in [2.05, 4.69) is 10.6 Å². The molecule has 2 aliphatic heterocycles. The van der Waals surface area contributed by atoms with E-state index in [4.69, 9.17) is 9.47 Å². The Kier molecular flexibility index (Phi) is 6.03. The lowest BCUT2D eigenvalue weighted by Gasteiger charge is -2.27. The van der Waals surface area contributed by atoms with Crippen molar-refractivity contribution in [1.82, 2.24) is 15.5 Å². The number of nitrogens with zero attached hydrogens (tertiary/aromatic N) is 1. The second-order valence-corrected chi connectivity index (χ2v) is 8.04. The van der Waals surface area contributed by atoms with E-state index in [0.29, 0.717) is 43.1 Å². The van der Waals surface area contributed by atoms with Crippen LogP contribution in [0.2, 0.25) is 0 Å². The van der Waals surface area contributed by atoms with E-state index in [1.165, 1.54) is 0 Å². The Balaban J connectivity index is 1.46. The molecule has 0 radical (unpaired) electrons. The number of amides is 4. The lowest BCUT2D eigenvalue weighted by Crippen LogP contribution is -2.45. The summed E-state index contributed by atoms with van der Waals surface area (Å²) in [5.41, 5.74) is 0.409. The third kappa shape index (κ3) is 4.00. The van der Waals surface area contributed by atoms with E-state index < -0.39 is 23.4 Å². The van der Waals surface area contributed by atoms with Crippen LogP contribution in [-0.2, 0) is 15.1 Å². The number of fused-ring (bicyclic) bond motifs is 1. The van der Waals surface area contributed by atoms with Gasteiger partial charge < -0.3 is 20.1 Å². The fourth-order valence-corrected chi connectivity index (χ4v) is 4.22. The van der Waals surface area contributed by atoms with Gasteiger partial charge in [0.05, 0.1) is 6.04 Å². The van der Waals surface area contributed by atoms with Crippen LogP contribution in [0.5, 0.6) is 11.5 Å². The molecule has 0 saturated carbocycles. The minimum absolute atomic E-state index is 0.339. The van der Waals surface area contributed by atoms with Crippen molar-refractivity contribution >= 4 is 17.8 Å². The molecule has 0 bridgehead atoms. The topological polar surface area (TPSA) is 97.0 Å². The monoisotopic (exact) mass is 437 g/mol. The molecule has 2 heterocycles. The van der Waals surface area contributed by atoms with Gasteiger partial charge in [-0.05, 0) is 36.6 Å². The molecule has 2 atom stereocenters. The quantitative estimate of drug-likeness (QED) is 0.650. The summed E-state index contributed by atoms with van der Waals surface area (Å²) in [6.45, 7) is 4.42. The average molecular weight is 437 g/mol. The van der Waals surface area contributed by atoms with Gasteiger partial charge in [0.15, 0.2) is 11.5 Å². The van der Waals surface area contributed by atoms with Gasteiger partial charge in [-0.2, -0.15) is 0 Å². The van der Waals surface area contributed by atoms with Gasteiger partial charge in [0, 0.05) is 0 Å². The zero-order valence-corrected chi connectivity index (χ0v) is 18.2. The van der Waals surface area contributed by atoms with Crippen molar-refractivity contribution in [2.24, 2.45) is 0 Å². The summed E-state index contributed by atoms with van der Waals surface area (Å²) in [5.74, 6) is 0.483. The first-order valence-electron chi connectivity index (χ1n) is 10.8. The molecule has 168 valence electrons. The van der Waals surface area contributed by atoms with Gasteiger partial charge in [-0.1, -0.05) is 49.7 Å². The Labute approximate surface area is 186 Å². The molecule has 0 spiro atoms. The van der Waals surface area contributed by atoms with Crippen molar-refractivity contribution in [2.75, 3.05) is 19.8 Å². The van der Waals surface area contributed by atoms with Crippen molar-refractivity contribution in [2.45, 2.75) is 38.3 Å². The molecular weight excluding hydrogens is 410 g/mol. The van der Waals surface area contributed by atoms with Crippen molar-refractivity contribution < 1.29 is 23.9 Å². The molecule has 2 aliphatic rings. The van der Waals surface area contributed by atoms with Gasteiger partial charge in [0.1, 0.15) is 25.3 Å². The Morgan fingerprint density at radius 1 is 1.12 bits per heavy atom. The number of hydrogen-bond acceptors (Lipinski definition) is 5. The summed E-state index contributed by atoms with van der Waals surface area (Å²) in [6.07, 6.45) is 1.15. The Hall–Kier alpha value is -3.55. The number of nitrogens with one attached hydrogen (secondary N) is 2. The smallest absolute Gasteiger partial charge is 0.325 e. The number of imide groups is 1. The zero-order chi connectivity index (χ0) is 22.7. The highest BCUT2D eigenvalue weighted by Gasteiger charge is 2.52. The molecule has 0 unspecified atom stereocenters. The molecule has 4 rings (SSSR count). The first-order valence-corrected chi connectivity index (χ1v) is 10.8. The first-order chi connectivity index (χ1) is 15.4. The molecule has 2 aromatic carbocycles. The predicted molar refractivity (Wildman–Crippen MR) is 117 cm³/mol. The van der Waals surface area contributed by atoms with Crippen LogP contribution in [0.4, 0.5) is 4.79 Å². The molecule has 2 aromatic rings. The number of carbonyl (C=O) groups is 3. The highest BCUT2D eigenvalue weighted by atomic mass is 16.6. The molecule has 8 nitrogen and oxygen atoms in total. The van der Waals surface area contributed by atoms with Crippen LogP contribution >= 0.6 is 0 Å². The minimum atomic E-state index is -1.14. The fourth-order valence-electron chi connectivity index (χ4n) is 4.22. The SMILES string of the molecule is CCC[C@@]1(c2ccccc2)NC(=O)N(CC(=O)N[C@H](C)c2ccc3c(c2)OCCO3)C1=O. The lowest BCUT2D eigenvalue weighted by atomic mass is 9.85. The number of hydrogen-bond donors (Lipinski definition) is 2. The third-order valence-electron chi connectivity index (χ3n) is 5.81. The van der Waals surface area contributed by atoms with E-state index in [0.717, 1.165) is 10.5 Å². The summed E-state index contributed by atoms with van der Waals surface area (Å²) < 4.78 is 11.1. The number of urea groups is 1. The Bertz CT molecular complexity index is 1030. The van der Waals surface area contributed by atoms with Gasteiger partial charge in [0.2, 0.25) is 5.91 Å². The van der Waals surface area contributed by atoms with Crippen LogP contribution in [0.25, 0.3) is 0 Å². The number of benzene rings is 2. The number of carbonyl (C=O) groups excluding carboxylic acids is 3. The standard InChI is InChI=1S/C24H27N3O5/c1-3-11-24(18-7-5-4-6-8-18)22(29)27(23(30)26-24)15-21(28)25-16(2)17-9-10-19-20(14-17)32-13-12-31-19/h4-10,14,16H,3,11-13,15H2,1-2H3,(H,25,28)(H,26,30)/t16-,24+/m1/s1. The summed E-state index contributed by atoms with van der Waals surface area (Å²) in [6, 6.07) is 13.7. The van der Waals surface area contributed by atoms with Crippen LogP contribution in [0, 0.1) is 0 Å². The van der Waals surface area contributed by atoms with Crippen molar-refractivity contribution in [3.05, 3.63) is 59.7 Å². The van der Waals surface area contributed by atoms with Crippen molar-refractivity contribution in [3.63, 3.8) is 0 Å². The summed E-state index contributed by atoms with van der Waals surface area (Å²) >= 11 is 0. The largest absolute Gasteiger partial charge is 0.486 e. The molecule has 2 N–H and O–H groups in total. The van der Waals surface area contributed by atoms with Gasteiger partial charge in [-0.25, -0.2) is 4.79 Å². The lowest BCUT2D eigenvalue weighted by molar-refractivity contribution is -0.135. The second-order valence-electron chi connectivity index (χ2n) is 8.04. The van der Waals surface area contributed by atoms with Crippen LogP contribution < -0.4 is 20.1 Å². The number of rotatable bonds is 7. The second kappa shape index (κ2) is 8.90. The molecule has 1 saturated heterocycles. The van der Waals surface area contributed by atoms with Crippen LogP contribution in [-0.4, -0.2) is 42.5 Å². The van der Waals surface area contributed by atoms with Crippen LogP contribution in [0.1, 0.15) is 43.9 Å². The minimum Gasteiger partial charge on any atom is -0.486 e. The van der Waals surface area contributed by atoms with Crippen molar-refractivity contribution in [1.29, 1.82) is 0 Å². The molecule has 0 aliphatic carbocycles. The summed E-state index contributed by atoms with van der Waals surface area (Å²) in [7, 11) is 0. The molecule has 32 heavy (non-hydrogen) atoms. The summed E-state index contributed by atoms with van der Waals surface area (Å²) in [5, 5.41) is 5.70. The molecular formula is C24H27N3O5. The highest BCUT2D eigenvalue weighted by Crippen LogP contribution is 2.34. The Morgan fingerprint density at radius 3 is 2.56 bits per heavy atom. The van der Waals surface area contributed by atoms with Crippen molar-refractivity contribution in [3.8, 4) is 11.5 Å². The van der Waals surface area contributed by atoms with Gasteiger partial charge in [-0.3, -0.25) is 14.5 Å². The maximum absolute atomic E-state index is 13.3. The van der Waals surface area contributed by atoms with E-state index in [1.54, 1.807) is 0 Å². The predicted octanol–water partition coefficient (Wildman–Crippen LogP) is 2.88. The molecule has 1 fully saturated rings. The fraction of sp³-hybridized carbons (Fsp3) is 0.375. The highest BCUT2D eigenvalue weighted by molar-refractivity contribution is 6.09. The number of ether oxygens (including phenoxy) is 2. The van der Waals surface area contributed by atoms with Gasteiger partial charge in [0.25, 0.3) is 5.91 Å². The van der Waals surface area contributed by atoms with E-state index in [9.17, 15) is 14.4 Å². The molecule has 8 heteroatoms. The molecule has 4 amide bonds. The maximum Gasteiger partial charge on any atom is 0.325 e. The van der Waals surface area contributed by atoms with E-state index in [1.807, 2.05) is 62.4 Å². The Morgan fingerprint density at radius 2 is 1.84 bits per heavy atom. The van der Waals surface area contributed by atoms with Crippen LogP contribution in [0.15, 0.2) is 48.5 Å². The van der Waals surface area contributed by atoms with Gasteiger partial charge >= 0.3 is 6.03 Å².